The van der Waals surface area contributed by atoms with Crippen molar-refractivity contribution >= 4 is 0 Å². The Kier molecular flexibility index (Phi) is 3.27. The number of rotatable bonds is 3. The lowest BCUT2D eigenvalue weighted by molar-refractivity contribution is 0.292. The maximum absolute atomic E-state index is 12.9. The fourth-order valence-corrected chi connectivity index (χ4v) is 0.832. The first kappa shape index (κ1) is 9.53. The van der Waals surface area contributed by atoms with Crippen molar-refractivity contribution < 1.29 is 13.5 Å². The van der Waals surface area contributed by atoms with Gasteiger partial charge in [-0.3, -0.25) is 0 Å². The second-order valence-corrected chi connectivity index (χ2v) is 2.35. The number of para-hydroxylation sites is 1. The van der Waals surface area contributed by atoms with E-state index in [0.717, 1.165) is 12.1 Å². The Bertz CT molecular complexity index is 308. The van der Waals surface area contributed by atoms with Crippen LogP contribution in [-0.2, 0) is 0 Å². The smallest absolute Gasteiger partial charge is 0.190 e. The van der Waals surface area contributed by atoms with Crippen LogP contribution >= 0.6 is 0 Å². The summed E-state index contributed by atoms with van der Waals surface area (Å²) in [4.78, 5) is 0. The van der Waals surface area contributed by atoms with Crippen molar-refractivity contribution in [2.24, 2.45) is 0 Å². The zero-order valence-corrected chi connectivity index (χ0v) is 6.89. The Morgan fingerprint density at radius 3 is 2.46 bits per heavy atom. The number of benzene rings is 1. The van der Waals surface area contributed by atoms with Crippen LogP contribution in [0.25, 0.3) is 0 Å². The van der Waals surface area contributed by atoms with Crippen LogP contribution in [0.15, 0.2) is 18.2 Å². The molecule has 0 spiro atoms. The molecule has 0 fully saturated rings. The van der Waals surface area contributed by atoms with Gasteiger partial charge in [-0.15, -0.1) is 12.3 Å². The van der Waals surface area contributed by atoms with Gasteiger partial charge in [0, 0.05) is 6.42 Å². The van der Waals surface area contributed by atoms with Crippen molar-refractivity contribution in [3.8, 4) is 18.1 Å². The largest absolute Gasteiger partial charge is 0.487 e. The van der Waals surface area contributed by atoms with Crippen molar-refractivity contribution in [3.05, 3.63) is 29.8 Å². The van der Waals surface area contributed by atoms with E-state index in [2.05, 4.69) is 5.92 Å². The minimum atomic E-state index is -0.711. The molecule has 0 heterocycles. The predicted molar refractivity (Wildman–Crippen MR) is 45.3 cm³/mol. The van der Waals surface area contributed by atoms with E-state index in [4.69, 9.17) is 11.2 Å². The summed E-state index contributed by atoms with van der Waals surface area (Å²) in [6.07, 6.45) is 5.28. The van der Waals surface area contributed by atoms with Gasteiger partial charge in [0.25, 0.3) is 0 Å². The van der Waals surface area contributed by atoms with E-state index in [1.54, 1.807) is 0 Å². The molecule has 1 aromatic rings. The second-order valence-electron chi connectivity index (χ2n) is 2.35. The quantitative estimate of drug-likeness (QED) is 0.515. The molecule has 0 aliphatic carbocycles. The van der Waals surface area contributed by atoms with Crippen LogP contribution in [0.2, 0.25) is 0 Å². The lowest BCUT2D eigenvalue weighted by Crippen LogP contribution is -2.00. The average molecular weight is 182 g/mol. The van der Waals surface area contributed by atoms with Crippen molar-refractivity contribution in [3.63, 3.8) is 0 Å². The second kappa shape index (κ2) is 4.46. The highest BCUT2D eigenvalue weighted by Crippen LogP contribution is 2.20. The minimum Gasteiger partial charge on any atom is -0.487 e. The summed E-state index contributed by atoms with van der Waals surface area (Å²) in [5.74, 6) is 0.522. The molecule has 0 unspecified atom stereocenters. The summed E-state index contributed by atoms with van der Waals surface area (Å²) in [5.41, 5.74) is 0. The third-order valence-electron chi connectivity index (χ3n) is 1.41. The Labute approximate surface area is 75.3 Å². The minimum absolute atomic E-state index is 0.119. The fourth-order valence-electron chi connectivity index (χ4n) is 0.832. The van der Waals surface area contributed by atoms with Crippen LogP contribution in [0.5, 0.6) is 5.75 Å². The highest BCUT2D eigenvalue weighted by Gasteiger charge is 2.08. The van der Waals surface area contributed by atoms with Crippen molar-refractivity contribution in [2.45, 2.75) is 6.42 Å². The first-order chi connectivity index (χ1) is 6.25. The van der Waals surface area contributed by atoms with Gasteiger partial charge in [0.05, 0.1) is 6.61 Å². The Morgan fingerprint density at radius 2 is 1.92 bits per heavy atom. The SMILES string of the molecule is C#CCCOc1c(F)cccc1F. The summed E-state index contributed by atoms with van der Waals surface area (Å²) in [6, 6.07) is 3.54. The number of halogens is 2. The predicted octanol–water partition coefficient (Wildman–Crippen LogP) is 2.37. The molecule has 1 rings (SSSR count). The number of hydrogen-bond donors (Lipinski definition) is 0. The Hall–Kier alpha value is -1.56. The van der Waals surface area contributed by atoms with Crippen molar-refractivity contribution in [1.82, 2.24) is 0 Å². The van der Waals surface area contributed by atoms with Crippen LogP contribution < -0.4 is 4.74 Å². The molecule has 0 aromatic heterocycles. The molecule has 0 saturated heterocycles. The average Bonchev–Trinajstić information content (AvgIpc) is 2.10. The van der Waals surface area contributed by atoms with Crippen LogP contribution in [0.4, 0.5) is 8.78 Å². The third-order valence-corrected chi connectivity index (χ3v) is 1.41. The molecule has 0 aliphatic rings. The third kappa shape index (κ3) is 2.45. The maximum atomic E-state index is 12.9. The van der Waals surface area contributed by atoms with E-state index in [1.165, 1.54) is 6.07 Å². The monoisotopic (exact) mass is 182 g/mol. The molecular weight excluding hydrogens is 174 g/mol. The molecule has 3 heteroatoms. The van der Waals surface area contributed by atoms with Crippen molar-refractivity contribution in [1.29, 1.82) is 0 Å². The molecule has 13 heavy (non-hydrogen) atoms. The van der Waals surface area contributed by atoms with Crippen LogP contribution in [-0.4, -0.2) is 6.61 Å². The first-order valence-corrected chi connectivity index (χ1v) is 3.76. The fraction of sp³-hybridized carbons (Fsp3) is 0.200. The lowest BCUT2D eigenvalue weighted by atomic mass is 10.3. The molecule has 1 aromatic carbocycles. The summed E-state index contributed by atoms with van der Waals surface area (Å²) < 4.78 is 30.5. The molecule has 0 aliphatic heterocycles. The van der Waals surface area contributed by atoms with E-state index >= 15 is 0 Å². The zero-order valence-electron chi connectivity index (χ0n) is 6.89. The molecule has 0 radical (unpaired) electrons. The zero-order chi connectivity index (χ0) is 9.68. The van der Waals surface area contributed by atoms with Gasteiger partial charge < -0.3 is 4.74 Å². The highest BCUT2D eigenvalue weighted by atomic mass is 19.1. The van der Waals surface area contributed by atoms with E-state index in [9.17, 15) is 8.78 Å². The van der Waals surface area contributed by atoms with Crippen LogP contribution in [0.1, 0.15) is 6.42 Å². The van der Waals surface area contributed by atoms with Crippen molar-refractivity contribution in [2.75, 3.05) is 6.61 Å². The van der Waals surface area contributed by atoms with Gasteiger partial charge in [0.2, 0.25) is 0 Å². The molecule has 1 nitrogen and oxygen atoms in total. The Balaban J connectivity index is 2.71. The molecule has 0 amide bonds. The van der Waals surface area contributed by atoms with Gasteiger partial charge in [-0.05, 0) is 12.1 Å². The van der Waals surface area contributed by atoms with Gasteiger partial charge in [0.15, 0.2) is 17.4 Å². The molecular formula is C10H8F2O. The van der Waals surface area contributed by atoms with E-state index in [-0.39, 0.29) is 12.4 Å². The summed E-state index contributed by atoms with van der Waals surface area (Å²) in [7, 11) is 0. The van der Waals surface area contributed by atoms with E-state index in [1.807, 2.05) is 0 Å². The van der Waals surface area contributed by atoms with Gasteiger partial charge in [-0.2, -0.15) is 0 Å². The maximum Gasteiger partial charge on any atom is 0.190 e. The van der Waals surface area contributed by atoms with Gasteiger partial charge in [0.1, 0.15) is 0 Å². The number of ether oxygens (including phenoxy) is 1. The van der Waals surface area contributed by atoms with Gasteiger partial charge in [-0.25, -0.2) is 8.78 Å². The summed E-state index contributed by atoms with van der Waals surface area (Å²) in [5, 5.41) is 0. The van der Waals surface area contributed by atoms with E-state index in [0.29, 0.717) is 6.42 Å². The topological polar surface area (TPSA) is 9.23 Å². The molecule has 0 bridgehead atoms. The number of terminal acetylenes is 1. The summed E-state index contributed by atoms with van der Waals surface area (Å²) >= 11 is 0. The summed E-state index contributed by atoms with van der Waals surface area (Å²) in [6.45, 7) is 0.119. The van der Waals surface area contributed by atoms with Crippen LogP contribution in [0.3, 0.4) is 0 Å². The number of hydrogen-bond acceptors (Lipinski definition) is 1. The highest BCUT2D eigenvalue weighted by molar-refractivity contribution is 5.25. The van der Waals surface area contributed by atoms with E-state index < -0.39 is 11.6 Å². The first-order valence-electron chi connectivity index (χ1n) is 3.76. The normalized spacial score (nSPS) is 9.31. The van der Waals surface area contributed by atoms with Gasteiger partial charge in [-0.1, -0.05) is 6.07 Å². The van der Waals surface area contributed by atoms with Crippen LogP contribution in [0, 0.1) is 24.0 Å². The molecule has 0 saturated carbocycles. The molecule has 68 valence electrons. The Morgan fingerprint density at radius 1 is 1.31 bits per heavy atom. The van der Waals surface area contributed by atoms with Gasteiger partial charge >= 0.3 is 0 Å². The standard InChI is InChI=1S/C10H8F2O/c1-2-3-7-13-10-8(11)5-4-6-9(10)12/h1,4-6H,3,7H2. The molecule has 0 N–H and O–H groups in total. The molecule has 0 atom stereocenters. The lowest BCUT2D eigenvalue weighted by Gasteiger charge is -2.05.